The Hall–Kier alpha value is -3.41. The van der Waals surface area contributed by atoms with Gasteiger partial charge in [0.2, 0.25) is 0 Å². The lowest BCUT2D eigenvalue weighted by Crippen LogP contribution is -2.22. The van der Waals surface area contributed by atoms with Gasteiger partial charge in [0, 0.05) is 17.8 Å². The number of allylic oxidation sites excluding steroid dienone is 1. The quantitative estimate of drug-likeness (QED) is 0.339. The van der Waals surface area contributed by atoms with Gasteiger partial charge in [-0.05, 0) is 63.3 Å². The molecule has 2 aromatic carbocycles. The van der Waals surface area contributed by atoms with Crippen molar-refractivity contribution in [3.63, 3.8) is 0 Å². The lowest BCUT2D eigenvalue weighted by molar-refractivity contribution is -0.119. The molecule has 2 aromatic rings. The third kappa shape index (κ3) is 6.54. The second-order valence-corrected chi connectivity index (χ2v) is 7.56. The van der Waals surface area contributed by atoms with E-state index in [0.717, 1.165) is 25.8 Å². The first kappa shape index (κ1) is 22.3. The standard InChI is InChI=1S/C25H28N2O4/c1-18(28)20-11-5-8-14-23(20)27-24(29)17-31-25(30)21-12-6-7-13-22(21)26-16-15-19-9-3-2-4-10-19/h5-9,11-14,26H,2-4,10,15-17H2,1H3,(H,27,29). The summed E-state index contributed by atoms with van der Waals surface area (Å²) in [6, 6.07) is 13.8. The number of para-hydroxylation sites is 2. The minimum absolute atomic E-state index is 0.156. The van der Waals surface area contributed by atoms with Crippen molar-refractivity contribution in [1.29, 1.82) is 0 Å². The average Bonchev–Trinajstić information content (AvgIpc) is 2.79. The van der Waals surface area contributed by atoms with Crippen LogP contribution in [0.2, 0.25) is 0 Å². The number of carbonyl (C=O) groups excluding carboxylic acids is 3. The highest BCUT2D eigenvalue weighted by molar-refractivity contribution is 6.04. The second-order valence-electron chi connectivity index (χ2n) is 7.56. The van der Waals surface area contributed by atoms with Gasteiger partial charge < -0.3 is 15.4 Å². The molecule has 31 heavy (non-hydrogen) atoms. The zero-order chi connectivity index (χ0) is 22.1. The van der Waals surface area contributed by atoms with Gasteiger partial charge in [0.15, 0.2) is 12.4 Å². The van der Waals surface area contributed by atoms with E-state index in [0.29, 0.717) is 22.5 Å². The SMILES string of the molecule is CC(=O)c1ccccc1NC(=O)COC(=O)c1ccccc1NCCC1=CCCCC1. The molecule has 0 aromatic heterocycles. The Balaban J connectivity index is 1.54. The smallest absolute Gasteiger partial charge is 0.340 e. The summed E-state index contributed by atoms with van der Waals surface area (Å²) in [7, 11) is 0. The molecule has 1 aliphatic rings. The molecule has 0 atom stereocenters. The van der Waals surface area contributed by atoms with Crippen LogP contribution < -0.4 is 10.6 Å². The Kier molecular flexibility index (Phi) is 7.98. The molecule has 0 unspecified atom stereocenters. The molecule has 2 N–H and O–H groups in total. The molecular formula is C25H28N2O4. The maximum Gasteiger partial charge on any atom is 0.340 e. The van der Waals surface area contributed by atoms with Crippen molar-refractivity contribution in [3.05, 3.63) is 71.3 Å². The first-order valence-corrected chi connectivity index (χ1v) is 10.6. The van der Waals surface area contributed by atoms with E-state index in [1.165, 1.54) is 25.3 Å². The zero-order valence-electron chi connectivity index (χ0n) is 17.8. The Labute approximate surface area is 182 Å². The average molecular weight is 421 g/mol. The highest BCUT2D eigenvalue weighted by atomic mass is 16.5. The van der Waals surface area contributed by atoms with Gasteiger partial charge in [0.05, 0.1) is 11.3 Å². The van der Waals surface area contributed by atoms with Gasteiger partial charge in [-0.1, -0.05) is 35.9 Å². The van der Waals surface area contributed by atoms with Crippen LogP contribution in [0, 0.1) is 0 Å². The van der Waals surface area contributed by atoms with E-state index in [2.05, 4.69) is 16.7 Å². The molecule has 0 fully saturated rings. The summed E-state index contributed by atoms with van der Waals surface area (Å²) in [5, 5.41) is 5.93. The fraction of sp³-hybridized carbons (Fsp3) is 0.320. The van der Waals surface area contributed by atoms with Crippen molar-refractivity contribution < 1.29 is 19.1 Å². The third-order valence-electron chi connectivity index (χ3n) is 5.21. The third-order valence-corrected chi connectivity index (χ3v) is 5.21. The molecule has 0 saturated heterocycles. The molecule has 1 amide bonds. The predicted molar refractivity (Wildman–Crippen MR) is 121 cm³/mol. The van der Waals surface area contributed by atoms with Crippen LogP contribution in [0.1, 0.15) is 59.7 Å². The summed E-state index contributed by atoms with van der Waals surface area (Å²) >= 11 is 0. The normalized spacial score (nSPS) is 13.1. The van der Waals surface area contributed by atoms with Gasteiger partial charge in [0.25, 0.3) is 5.91 Å². The van der Waals surface area contributed by atoms with E-state index >= 15 is 0 Å². The van der Waals surface area contributed by atoms with Crippen LogP contribution >= 0.6 is 0 Å². The first-order valence-electron chi connectivity index (χ1n) is 10.6. The highest BCUT2D eigenvalue weighted by Crippen LogP contribution is 2.21. The lowest BCUT2D eigenvalue weighted by Gasteiger charge is -2.15. The minimum atomic E-state index is -0.574. The fourth-order valence-corrected chi connectivity index (χ4v) is 3.60. The number of ether oxygens (including phenoxy) is 1. The Morgan fingerprint density at radius 2 is 1.65 bits per heavy atom. The maximum atomic E-state index is 12.6. The molecule has 0 aliphatic heterocycles. The molecule has 0 spiro atoms. The van der Waals surface area contributed by atoms with Crippen molar-refractivity contribution in [2.24, 2.45) is 0 Å². The van der Waals surface area contributed by atoms with E-state index in [9.17, 15) is 14.4 Å². The van der Waals surface area contributed by atoms with Gasteiger partial charge >= 0.3 is 5.97 Å². The number of nitrogens with one attached hydrogen (secondary N) is 2. The summed E-state index contributed by atoms with van der Waals surface area (Å²) in [4.78, 5) is 36.5. The molecule has 162 valence electrons. The summed E-state index contributed by atoms with van der Waals surface area (Å²) in [5.74, 6) is -1.23. The summed E-state index contributed by atoms with van der Waals surface area (Å²) in [6.07, 6.45) is 8.06. The number of hydrogen-bond acceptors (Lipinski definition) is 5. The maximum absolute atomic E-state index is 12.6. The van der Waals surface area contributed by atoms with Crippen LogP contribution in [0.4, 0.5) is 11.4 Å². The number of Topliss-reactive ketones (excluding diaryl/α,β-unsaturated/α-hetero) is 1. The lowest BCUT2D eigenvalue weighted by atomic mass is 9.97. The monoisotopic (exact) mass is 420 g/mol. The van der Waals surface area contributed by atoms with E-state index in [1.54, 1.807) is 36.4 Å². The summed E-state index contributed by atoms with van der Waals surface area (Å²) in [6.45, 7) is 1.73. The van der Waals surface area contributed by atoms with Crippen molar-refractivity contribution in [1.82, 2.24) is 0 Å². The topological polar surface area (TPSA) is 84.5 Å². The molecule has 6 heteroatoms. The Morgan fingerprint density at radius 3 is 2.35 bits per heavy atom. The molecule has 3 rings (SSSR count). The highest BCUT2D eigenvalue weighted by Gasteiger charge is 2.16. The van der Waals surface area contributed by atoms with Gasteiger partial charge in [-0.2, -0.15) is 0 Å². The number of benzene rings is 2. The van der Waals surface area contributed by atoms with Crippen molar-refractivity contribution >= 4 is 29.0 Å². The van der Waals surface area contributed by atoms with Crippen LogP contribution in [-0.2, 0) is 9.53 Å². The van der Waals surface area contributed by atoms with Gasteiger partial charge in [-0.3, -0.25) is 9.59 Å². The minimum Gasteiger partial charge on any atom is -0.452 e. The second kappa shape index (κ2) is 11.1. The molecule has 0 radical (unpaired) electrons. The summed E-state index contributed by atoms with van der Waals surface area (Å²) < 4.78 is 5.21. The van der Waals surface area contributed by atoms with E-state index in [1.807, 2.05) is 12.1 Å². The Bertz CT molecular complexity index is 981. The number of esters is 1. The summed E-state index contributed by atoms with van der Waals surface area (Å²) in [5.41, 5.74) is 3.34. The number of hydrogen-bond donors (Lipinski definition) is 2. The number of rotatable bonds is 9. The Morgan fingerprint density at radius 1 is 0.935 bits per heavy atom. The van der Waals surface area contributed by atoms with Crippen LogP contribution in [0.25, 0.3) is 0 Å². The number of carbonyl (C=O) groups is 3. The first-order chi connectivity index (χ1) is 15.0. The van der Waals surface area contributed by atoms with Crippen LogP contribution in [0.5, 0.6) is 0 Å². The number of anilines is 2. The predicted octanol–water partition coefficient (Wildman–Crippen LogP) is 4.99. The van der Waals surface area contributed by atoms with Crippen LogP contribution in [0.15, 0.2) is 60.2 Å². The van der Waals surface area contributed by atoms with Crippen LogP contribution in [-0.4, -0.2) is 30.8 Å². The number of ketones is 1. The fourth-order valence-electron chi connectivity index (χ4n) is 3.60. The molecule has 0 bridgehead atoms. The van der Waals surface area contributed by atoms with Gasteiger partial charge in [0.1, 0.15) is 0 Å². The molecule has 0 saturated carbocycles. The van der Waals surface area contributed by atoms with Crippen molar-refractivity contribution in [2.45, 2.75) is 39.0 Å². The van der Waals surface area contributed by atoms with Crippen LogP contribution in [0.3, 0.4) is 0 Å². The molecule has 6 nitrogen and oxygen atoms in total. The van der Waals surface area contributed by atoms with Crippen molar-refractivity contribution in [2.75, 3.05) is 23.8 Å². The van der Waals surface area contributed by atoms with Crippen molar-refractivity contribution in [3.8, 4) is 0 Å². The van der Waals surface area contributed by atoms with Gasteiger partial charge in [-0.25, -0.2) is 4.79 Å². The van der Waals surface area contributed by atoms with E-state index < -0.39 is 18.5 Å². The largest absolute Gasteiger partial charge is 0.452 e. The molecule has 0 heterocycles. The van der Waals surface area contributed by atoms with E-state index in [4.69, 9.17) is 4.74 Å². The van der Waals surface area contributed by atoms with E-state index in [-0.39, 0.29) is 5.78 Å². The molecule has 1 aliphatic carbocycles. The zero-order valence-corrected chi connectivity index (χ0v) is 17.8. The number of amides is 1. The van der Waals surface area contributed by atoms with Gasteiger partial charge in [-0.15, -0.1) is 0 Å². The molecular weight excluding hydrogens is 392 g/mol.